The van der Waals surface area contributed by atoms with Gasteiger partial charge in [0.15, 0.2) is 0 Å². The van der Waals surface area contributed by atoms with Gasteiger partial charge in [0.1, 0.15) is 6.54 Å². The Morgan fingerprint density at radius 2 is 1.67 bits per heavy atom. The molecule has 1 aliphatic carbocycles. The van der Waals surface area contributed by atoms with Gasteiger partial charge in [-0.1, -0.05) is 0 Å². The van der Waals surface area contributed by atoms with E-state index in [1.807, 2.05) is 4.90 Å². The van der Waals surface area contributed by atoms with Crippen molar-refractivity contribution >= 4 is 23.5 Å². The van der Waals surface area contributed by atoms with Crippen molar-refractivity contribution in [1.29, 1.82) is 0 Å². The van der Waals surface area contributed by atoms with Crippen LogP contribution in [0.4, 0.5) is 10.5 Å². The number of imide groups is 1. The van der Waals surface area contributed by atoms with Crippen LogP contribution in [0.1, 0.15) is 36.0 Å². The van der Waals surface area contributed by atoms with Gasteiger partial charge in [0, 0.05) is 30.4 Å². The summed E-state index contributed by atoms with van der Waals surface area (Å²) in [5.74, 6) is 0.474. The minimum atomic E-state index is -0.436. The molecule has 1 saturated carbocycles. The van der Waals surface area contributed by atoms with Gasteiger partial charge < -0.3 is 10.0 Å². The van der Waals surface area contributed by atoms with E-state index in [0.29, 0.717) is 29.6 Å². The molecule has 3 saturated heterocycles. The Labute approximate surface area is 175 Å². The largest absolute Gasteiger partial charge is 0.391 e. The molecule has 3 aliphatic heterocycles. The van der Waals surface area contributed by atoms with E-state index in [2.05, 4.69) is 10.2 Å². The Bertz CT molecular complexity index is 851. The summed E-state index contributed by atoms with van der Waals surface area (Å²) in [5.41, 5.74) is 1.18. The molecule has 0 radical (unpaired) electrons. The lowest BCUT2D eigenvalue weighted by molar-refractivity contribution is -0.117. The van der Waals surface area contributed by atoms with Crippen molar-refractivity contribution in [2.45, 2.75) is 37.8 Å². The Morgan fingerprint density at radius 1 is 1.00 bits per heavy atom. The number of hydrogen-bond donors (Lipinski definition) is 2. The standard InChI is InChI=1S/C22H28N4O4/c27-19-10-16-12-25(11-15(16)9-18(19)24-7-1-2-8-24)21(29)14-3-5-17(6-4-14)26-13-20(28)23-22(26)30/h3-6,15-16,18-19,27H,1-2,7-13H2,(H,23,28,30)/t15-,16+,18-,19-/m1/s1. The van der Waals surface area contributed by atoms with Crippen molar-refractivity contribution in [3.05, 3.63) is 29.8 Å². The monoisotopic (exact) mass is 412 g/mol. The third-order valence-corrected chi connectivity index (χ3v) is 7.23. The van der Waals surface area contributed by atoms with E-state index in [1.54, 1.807) is 24.3 Å². The Balaban J connectivity index is 1.24. The van der Waals surface area contributed by atoms with E-state index in [1.165, 1.54) is 17.7 Å². The van der Waals surface area contributed by atoms with Gasteiger partial charge in [0.2, 0.25) is 5.91 Å². The third kappa shape index (κ3) is 3.48. The predicted octanol–water partition coefficient (Wildman–Crippen LogP) is 1.05. The first-order valence-corrected chi connectivity index (χ1v) is 10.9. The van der Waals surface area contributed by atoms with Crippen molar-refractivity contribution in [3.63, 3.8) is 0 Å². The molecule has 8 nitrogen and oxygen atoms in total. The molecule has 160 valence electrons. The predicted molar refractivity (Wildman–Crippen MR) is 110 cm³/mol. The fraction of sp³-hybridized carbons (Fsp3) is 0.591. The van der Waals surface area contributed by atoms with Crippen LogP contribution < -0.4 is 10.2 Å². The van der Waals surface area contributed by atoms with Crippen LogP contribution >= 0.6 is 0 Å². The van der Waals surface area contributed by atoms with Crippen LogP contribution in [0, 0.1) is 11.8 Å². The molecule has 4 fully saturated rings. The minimum absolute atomic E-state index is 0.00211. The SMILES string of the molecule is O=C1CN(c2ccc(C(=O)N3C[C@H]4C[C@@H](N5CCCC5)[C@H](O)C[C@H]4C3)cc2)C(=O)N1. The van der Waals surface area contributed by atoms with E-state index < -0.39 is 6.03 Å². The summed E-state index contributed by atoms with van der Waals surface area (Å²) in [6.07, 6.45) is 3.86. The maximum Gasteiger partial charge on any atom is 0.329 e. The van der Waals surface area contributed by atoms with E-state index in [-0.39, 0.29) is 30.5 Å². The van der Waals surface area contributed by atoms with Gasteiger partial charge in [0.05, 0.1) is 6.10 Å². The first-order chi connectivity index (χ1) is 14.5. The third-order valence-electron chi connectivity index (χ3n) is 7.23. The van der Waals surface area contributed by atoms with Crippen molar-refractivity contribution in [3.8, 4) is 0 Å². The first-order valence-electron chi connectivity index (χ1n) is 10.9. The molecule has 3 heterocycles. The lowest BCUT2D eigenvalue weighted by atomic mass is 9.77. The van der Waals surface area contributed by atoms with Crippen LogP contribution in [0.25, 0.3) is 0 Å². The topological polar surface area (TPSA) is 93.2 Å². The van der Waals surface area contributed by atoms with Crippen molar-refractivity contribution < 1.29 is 19.5 Å². The van der Waals surface area contributed by atoms with Crippen LogP contribution in [0.3, 0.4) is 0 Å². The molecule has 4 aliphatic rings. The number of fused-ring (bicyclic) bond motifs is 1. The van der Waals surface area contributed by atoms with E-state index >= 15 is 0 Å². The zero-order chi connectivity index (χ0) is 20.8. The summed E-state index contributed by atoms with van der Waals surface area (Å²) in [6.45, 7) is 3.59. The van der Waals surface area contributed by atoms with Crippen LogP contribution in [-0.2, 0) is 4.79 Å². The molecule has 0 aromatic heterocycles. The maximum atomic E-state index is 13.1. The number of likely N-dealkylation sites (tertiary alicyclic amines) is 2. The van der Waals surface area contributed by atoms with Crippen molar-refractivity contribution in [2.24, 2.45) is 11.8 Å². The summed E-state index contributed by atoms with van der Waals surface area (Å²) in [6, 6.07) is 6.66. The molecule has 5 rings (SSSR count). The molecule has 1 aromatic carbocycles. The summed E-state index contributed by atoms with van der Waals surface area (Å²) < 4.78 is 0. The van der Waals surface area contributed by atoms with Gasteiger partial charge >= 0.3 is 6.03 Å². The van der Waals surface area contributed by atoms with Crippen molar-refractivity contribution in [1.82, 2.24) is 15.1 Å². The number of benzene rings is 1. The molecular formula is C22H28N4O4. The fourth-order valence-corrected chi connectivity index (χ4v) is 5.66. The fourth-order valence-electron chi connectivity index (χ4n) is 5.66. The summed E-state index contributed by atoms with van der Waals surface area (Å²) in [5, 5.41) is 12.9. The van der Waals surface area contributed by atoms with Crippen LogP contribution in [-0.4, -0.2) is 77.6 Å². The van der Waals surface area contributed by atoms with E-state index in [0.717, 1.165) is 32.5 Å². The molecule has 30 heavy (non-hydrogen) atoms. The van der Waals surface area contributed by atoms with Gasteiger partial charge in [0.25, 0.3) is 5.91 Å². The van der Waals surface area contributed by atoms with Crippen LogP contribution in [0.2, 0.25) is 0 Å². The number of urea groups is 1. The highest BCUT2D eigenvalue weighted by Crippen LogP contribution is 2.39. The number of aliphatic hydroxyl groups excluding tert-OH is 1. The molecule has 0 unspecified atom stereocenters. The molecule has 0 bridgehead atoms. The second-order valence-electron chi connectivity index (χ2n) is 9.07. The van der Waals surface area contributed by atoms with E-state index in [9.17, 15) is 19.5 Å². The summed E-state index contributed by atoms with van der Waals surface area (Å²) in [7, 11) is 0. The number of amides is 4. The number of nitrogens with zero attached hydrogens (tertiary/aromatic N) is 3. The first kappa shape index (κ1) is 19.5. The average molecular weight is 412 g/mol. The quantitative estimate of drug-likeness (QED) is 0.724. The highest BCUT2D eigenvalue weighted by molar-refractivity contribution is 6.12. The van der Waals surface area contributed by atoms with Gasteiger partial charge in [-0.15, -0.1) is 0 Å². The number of carbonyl (C=O) groups is 3. The second kappa shape index (κ2) is 7.67. The van der Waals surface area contributed by atoms with E-state index in [4.69, 9.17) is 0 Å². The zero-order valence-electron chi connectivity index (χ0n) is 17.0. The molecule has 0 spiro atoms. The van der Waals surface area contributed by atoms with Gasteiger partial charge in [-0.05, 0) is 74.9 Å². The minimum Gasteiger partial charge on any atom is -0.391 e. The normalized spacial score (nSPS) is 31.9. The average Bonchev–Trinajstić information content (AvgIpc) is 3.46. The molecule has 2 N–H and O–H groups in total. The van der Waals surface area contributed by atoms with Crippen LogP contribution in [0.15, 0.2) is 24.3 Å². The van der Waals surface area contributed by atoms with Crippen LogP contribution in [0.5, 0.6) is 0 Å². The molecular weight excluding hydrogens is 384 g/mol. The Hall–Kier alpha value is -2.45. The number of aliphatic hydroxyl groups is 1. The van der Waals surface area contributed by atoms with Gasteiger partial charge in [-0.25, -0.2) is 4.79 Å². The molecule has 1 aromatic rings. The smallest absolute Gasteiger partial charge is 0.329 e. The molecule has 4 amide bonds. The number of rotatable bonds is 3. The molecule has 8 heteroatoms. The summed E-state index contributed by atoms with van der Waals surface area (Å²) in [4.78, 5) is 42.0. The number of anilines is 1. The van der Waals surface area contributed by atoms with Gasteiger partial charge in [-0.2, -0.15) is 0 Å². The summed E-state index contributed by atoms with van der Waals surface area (Å²) >= 11 is 0. The number of nitrogens with one attached hydrogen (secondary N) is 1. The lowest BCUT2D eigenvalue weighted by Gasteiger charge is -2.40. The lowest BCUT2D eigenvalue weighted by Crippen LogP contribution is -2.48. The highest BCUT2D eigenvalue weighted by atomic mass is 16.3. The van der Waals surface area contributed by atoms with Crippen molar-refractivity contribution in [2.75, 3.05) is 37.6 Å². The van der Waals surface area contributed by atoms with Gasteiger partial charge in [-0.3, -0.25) is 24.7 Å². The second-order valence-corrected chi connectivity index (χ2v) is 9.07. The Morgan fingerprint density at radius 3 is 2.30 bits per heavy atom. The Kier molecular flexibility index (Phi) is 4.99. The number of hydrogen-bond acceptors (Lipinski definition) is 5. The molecule has 4 atom stereocenters. The highest BCUT2D eigenvalue weighted by Gasteiger charge is 2.45. The maximum absolute atomic E-state index is 13.1. The zero-order valence-corrected chi connectivity index (χ0v) is 17.0. The number of carbonyl (C=O) groups excluding carboxylic acids is 3.